The summed E-state index contributed by atoms with van der Waals surface area (Å²) in [6.45, 7) is 2.23. The molecule has 124 valence electrons. The van der Waals surface area contributed by atoms with Crippen LogP contribution in [0, 0.1) is 35.0 Å². The van der Waals surface area contributed by atoms with Gasteiger partial charge in [0.2, 0.25) is 5.91 Å². The molecule has 5 rings (SSSR count). The number of nitrogens with one attached hydrogen (secondary N) is 2. The number of fused-ring (bicyclic) bond motifs is 5. The standard InChI is InChI=1S/C18H28N2O.ClH/c21-17(15-10-18(15)4-6-19-7-5-18)20-16-9-11-8-14(16)13-3-1-2-12(11)13;/h11-16,19H,1-10H2,(H,20,21);1H. The van der Waals surface area contributed by atoms with Crippen LogP contribution in [-0.4, -0.2) is 25.0 Å². The van der Waals surface area contributed by atoms with Crippen molar-refractivity contribution in [1.29, 1.82) is 0 Å². The van der Waals surface area contributed by atoms with E-state index in [0.29, 0.717) is 23.3 Å². The Balaban J connectivity index is 0.00000125. The topological polar surface area (TPSA) is 41.1 Å². The van der Waals surface area contributed by atoms with Gasteiger partial charge in [-0.15, -0.1) is 12.4 Å². The first kappa shape index (κ1) is 15.3. The Hall–Kier alpha value is -0.280. The van der Waals surface area contributed by atoms with Crippen molar-refractivity contribution in [3.8, 4) is 0 Å². The molecule has 0 aromatic rings. The maximum Gasteiger partial charge on any atom is 0.223 e. The Morgan fingerprint density at radius 2 is 1.82 bits per heavy atom. The van der Waals surface area contributed by atoms with Gasteiger partial charge < -0.3 is 10.6 Å². The van der Waals surface area contributed by atoms with Crippen LogP contribution in [0.5, 0.6) is 0 Å². The van der Waals surface area contributed by atoms with Gasteiger partial charge in [0, 0.05) is 12.0 Å². The minimum Gasteiger partial charge on any atom is -0.353 e. The molecule has 6 unspecified atom stereocenters. The zero-order valence-corrected chi connectivity index (χ0v) is 14.2. The number of rotatable bonds is 2. The van der Waals surface area contributed by atoms with Gasteiger partial charge in [-0.25, -0.2) is 0 Å². The molecule has 0 aromatic heterocycles. The third-order valence-electron chi connectivity index (χ3n) is 7.86. The highest BCUT2D eigenvalue weighted by atomic mass is 35.5. The van der Waals surface area contributed by atoms with Crippen molar-refractivity contribution in [3.63, 3.8) is 0 Å². The summed E-state index contributed by atoms with van der Waals surface area (Å²) in [7, 11) is 0. The number of halogens is 1. The fourth-order valence-electron chi connectivity index (χ4n) is 6.71. The van der Waals surface area contributed by atoms with E-state index in [1.165, 1.54) is 44.9 Å². The number of hydrogen-bond acceptors (Lipinski definition) is 2. The largest absolute Gasteiger partial charge is 0.353 e. The minimum atomic E-state index is 0. The van der Waals surface area contributed by atoms with Crippen molar-refractivity contribution in [2.45, 2.75) is 57.4 Å². The molecule has 0 radical (unpaired) electrons. The molecule has 1 aliphatic heterocycles. The summed E-state index contributed by atoms with van der Waals surface area (Å²) in [6, 6.07) is 0.529. The fourth-order valence-corrected chi connectivity index (χ4v) is 6.71. The third-order valence-corrected chi connectivity index (χ3v) is 7.86. The molecular formula is C18H29ClN2O. The molecule has 5 fully saturated rings. The van der Waals surface area contributed by atoms with E-state index < -0.39 is 0 Å². The van der Waals surface area contributed by atoms with E-state index in [0.717, 1.165) is 43.2 Å². The van der Waals surface area contributed by atoms with Gasteiger partial charge in [-0.05, 0) is 87.1 Å². The number of carbonyl (C=O) groups excluding carboxylic acids is 1. The van der Waals surface area contributed by atoms with E-state index >= 15 is 0 Å². The van der Waals surface area contributed by atoms with Crippen molar-refractivity contribution in [1.82, 2.24) is 10.6 Å². The van der Waals surface area contributed by atoms with Gasteiger partial charge in [-0.1, -0.05) is 6.42 Å². The monoisotopic (exact) mass is 324 g/mol. The summed E-state index contributed by atoms with van der Waals surface area (Å²) in [5, 5.41) is 6.93. The summed E-state index contributed by atoms with van der Waals surface area (Å²) in [5.74, 6) is 4.51. The summed E-state index contributed by atoms with van der Waals surface area (Å²) in [6.07, 6.45) is 10.7. The molecular weight excluding hydrogens is 296 g/mol. The predicted molar refractivity (Wildman–Crippen MR) is 88.9 cm³/mol. The second-order valence-corrected chi connectivity index (χ2v) is 8.64. The van der Waals surface area contributed by atoms with Crippen molar-refractivity contribution in [2.75, 3.05) is 13.1 Å². The van der Waals surface area contributed by atoms with Gasteiger partial charge in [-0.2, -0.15) is 0 Å². The Morgan fingerprint density at radius 1 is 1.05 bits per heavy atom. The summed E-state index contributed by atoms with van der Waals surface area (Å²) < 4.78 is 0. The number of hydrogen-bond donors (Lipinski definition) is 2. The molecule has 2 bridgehead atoms. The van der Waals surface area contributed by atoms with Gasteiger partial charge in [0.25, 0.3) is 0 Å². The predicted octanol–water partition coefficient (Wildman–Crippen LogP) is 2.74. The molecule has 3 nitrogen and oxygen atoms in total. The van der Waals surface area contributed by atoms with Crippen LogP contribution >= 0.6 is 12.4 Å². The maximum atomic E-state index is 12.7. The summed E-state index contributed by atoms with van der Waals surface area (Å²) in [4.78, 5) is 12.7. The van der Waals surface area contributed by atoms with E-state index in [1.54, 1.807) is 0 Å². The van der Waals surface area contributed by atoms with Crippen LogP contribution in [0.2, 0.25) is 0 Å². The molecule has 1 amide bonds. The molecule has 22 heavy (non-hydrogen) atoms. The first-order chi connectivity index (χ1) is 10.3. The number of carbonyl (C=O) groups is 1. The normalized spacial score (nSPS) is 47.1. The van der Waals surface area contributed by atoms with E-state index in [-0.39, 0.29) is 12.4 Å². The van der Waals surface area contributed by atoms with Crippen molar-refractivity contribution in [3.05, 3.63) is 0 Å². The lowest BCUT2D eigenvalue weighted by molar-refractivity contribution is -0.124. The first-order valence-corrected chi connectivity index (χ1v) is 9.28. The lowest BCUT2D eigenvalue weighted by atomic mass is 9.79. The van der Waals surface area contributed by atoms with Crippen LogP contribution in [0.1, 0.15) is 51.4 Å². The maximum absolute atomic E-state index is 12.7. The molecule has 6 atom stereocenters. The molecule has 4 aliphatic carbocycles. The van der Waals surface area contributed by atoms with Crippen molar-refractivity contribution in [2.24, 2.45) is 35.0 Å². The fraction of sp³-hybridized carbons (Fsp3) is 0.944. The van der Waals surface area contributed by atoms with Gasteiger partial charge in [0.05, 0.1) is 0 Å². The molecule has 1 spiro atoms. The zero-order chi connectivity index (χ0) is 14.0. The molecule has 1 saturated heterocycles. The summed E-state index contributed by atoms with van der Waals surface area (Å²) >= 11 is 0. The third kappa shape index (κ3) is 2.15. The zero-order valence-electron chi connectivity index (χ0n) is 13.4. The highest BCUT2D eigenvalue weighted by Gasteiger charge is 2.59. The quantitative estimate of drug-likeness (QED) is 0.820. The average molecular weight is 325 g/mol. The second-order valence-electron chi connectivity index (χ2n) is 8.64. The lowest BCUT2D eigenvalue weighted by Crippen LogP contribution is -2.44. The second kappa shape index (κ2) is 5.37. The van der Waals surface area contributed by atoms with Crippen LogP contribution in [-0.2, 0) is 4.79 Å². The van der Waals surface area contributed by atoms with Gasteiger partial charge in [-0.3, -0.25) is 4.79 Å². The molecule has 0 aromatic carbocycles. The SMILES string of the molecule is Cl.O=C(NC1CC2CC1C1CCCC21)C1CC12CCNCC2. The minimum absolute atomic E-state index is 0. The van der Waals surface area contributed by atoms with E-state index in [4.69, 9.17) is 0 Å². The Morgan fingerprint density at radius 3 is 2.64 bits per heavy atom. The van der Waals surface area contributed by atoms with Crippen molar-refractivity contribution < 1.29 is 4.79 Å². The Bertz CT molecular complexity index is 462. The van der Waals surface area contributed by atoms with E-state index in [1.807, 2.05) is 0 Å². The molecule has 1 heterocycles. The Labute approximate surface area is 139 Å². The smallest absolute Gasteiger partial charge is 0.223 e. The highest BCUT2D eigenvalue weighted by Crippen LogP contribution is 2.60. The van der Waals surface area contributed by atoms with E-state index in [2.05, 4.69) is 10.6 Å². The average Bonchev–Trinajstić information content (AvgIpc) is 2.91. The lowest BCUT2D eigenvalue weighted by Gasteiger charge is -2.32. The first-order valence-electron chi connectivity index (χ1n) is 9.28. The molecule has 4 saturated carbocycles. The van der Waals surface area contributed by atoms with Crippen LogP contribution in [0.3, 0.4) is 0 Å². The van der Waals surface area contributed by atoms with Crippen LogP contribution in [0.25, 0.3) is 0 Å². The molecule has 4 heteroatoms. The highest BCUT2D eigenvalue weighted by molar-refractivity contribution is 5.85. The van der Waals surface area contributed by atoms with E-state index in [9.17, 15) is 4.79 Å². The van der Waals surface area contributed by atoms with Gasteiger partial charge >= 0.3 is 0 Å². The number of piperidine rings is 1. The summed E-state index contributed by atoms with van der Waals surface area (Å²) in [5.41, 5.74) is 0.392. The van der Waals surface area contributed by atoms with Crippen LogP contribution in [0.4, 0.5) is 0 Å². The van der Waals surface area contributed by atoms with Crippen LogP contribution < -0.4 is 10.6 Å². The molecule has 5 aliphatic rings. The van der Waals surface area contributed by atoms with Gasteiger partial charge in [0.15, 0.2) is 0 Å². The van der Waals surface area contributed by atoms with Crippen molar-refractivity contribution >= 4 is 18.3 Å². The van der Waals surface area contributed by atoms with Gasteiger partial charge in [0.1, 0.15) is 0 Å². The Kier molecular flexibility index (Phi) is 3.73. The number of amides is 1. The molecule has 2 N–H and O–H groups in total. The van der Waals surface area contributed by atoms with Crippen LogP contribution in [0.15, 0.2) is 0 Å².